The van der Waals surface area contributed by atoms with E-state index in [1.54, 1.807) is 17.5 Å². The smallest absolute Gasteiger partial charge is 0.160 e. The number of fused-ring (bicyclic) bond motifs is 1. The summed E-state index contributed by atoms with van der Waals surface area (Å²) in [5.74, 6) is 0.992. The maximum atomic E-state index is 6.13. The highest BCUT2D eigenvalue weighted by atomic mass is 35.5. The van der Waals surface area contributed by atoms with Gasteiger partial charge in [0.15, 0.2) is 5.65 Å². The van der Waals surface area contributed by atoms with Gasteiger partial charge in [-0.25, -0.2) is 9.97 Å². The molecular formula is C15H17ClN4S. The third-order valence-electron chi connectivity index (χ3n) is 3.48. The molecule has 0 aliphatic heterocycles. The summed E-state index contributed by atoms with van der Waals surface area (Å²) in [4.78, 5) is 10.4. The van der Waals surface area contributed by atoms with Crippen molar-refractivity contribution in [1.29, 1.82) is 0 Å². The fraction of sp³-hybridized carbons (Fsp3) is 0.333. The Balaban J connectivity index is 2.05. The van der Waals surface area contributed by atoms with E-state index in [1.807, 2.05) is 6.07 Å². The number of thiophene rings is 1. The lowest BCUT2D eigenvalue weighted by atomic mass is 10.2. The first kappa shape index (κ1) is 14.5. The molecule has 21 heavy (non-hydrogen) atoms. The second-order valence-corrected chi connectivity index (χ2v) is 6.53. The van der Waals surface area contributed by atoms with Gasteiger partial charge in [0.2, 0.25) is 0 Å². The lowest BCUT2D eigenvalue weighted by Gasteiger charge is -2.13. The molecule has 110 valence electrons. The van der Waals surface area contributed by atoms with Crippen molar-refractivity contribution in [2.45, 2.75) is 32.4 Å². The summed E-state index contributed by atoms with van der Waals surface area (Å²) < 4.78 is 2.12. The molecule has 2 N–H and O–H groups in total. The van der Waals surface area contributed by atoms with E-state index >= 15 is 0 Å². The quantitative estimate of drug-likeness (QED) is 0.783. The number of imidazole rings is 1. The Morgan fingerprint density at radius 2 is 2.33 bits per heavy atom. The molecule has 3 heterocycles. The van der Waals surface area contributed by atoms with Crippen LogP contribution in [0.25, 0.3) is 11.2 Å². The number of rotatable bonds is 5. The van der Waals surface area contributed by atoms with E-state index < -0.39 is 0 Å². The molecule has 0 radical (unpaired) electrons. The Hall–Kier alpha value is -1.43. The third kappa shape index (κ3) is 3.10. The van der Waals surface area contributed by atoms with Crippen LogP contribution < -0.4 is 5.73 Å². The van der Waals surface area contributed by atoms with E-state index in [2.05, 4.69) is 34.0 Å². The number of hydrogen-bond acceptors (Lipinski definition) is 4. The maximum Gasteiger partial charge on any atom is 0.160 e. The Kier molecular flexibility index (Phi) is 4.24. The van der Waals surface area contributed by atoms with Gasteiger partial charge in [0.05, 0.1) is 5.02 Å². The van der Waals surface area contributed by atoms with Gasteiger partial charge >= 0.3 is 0 Å². The third-order valence-corrected chi connectivity index (χ3v) is 4.57. The van der Waals surface area contributed by atoms with Crippen molar-refractivity contribution in [3.8, 4) is 0 Å². The average molecular weight is 321 g/mol. The molecular weight excluding hydrogens is 304 g/mol. The Morgan fingerprint density at radius 3 is 3.05 bits per heavy atom. The molecule has 4 nitrogen and oxygen atoms in total. The molecule has 0 aliphatic rings. The van der Waals surface area contributed by atoms with Crippen LogP contribution in [0.1, 0.15) is 24.0 Å². The van der Waals surface area contributed by atoms with Crippen molar-refractivity contribution in [1.82, 2.24) is 14.5 Å². The summed E-state index contributed by atoms with van der Waals surface area (Å²) in [7, 11) is 0. The summed E-state index contributed by atoms with van der Waals surface area (Å²) in [5.41, 5.74) is 7.81. The Bertz CT molecular complexity index is 736. The number of halogens is 1. The first-order valence-electron chi connectivity index (χ1n) is 6.96. The van der Waals surface area contributed by atoms with Crippen molar-refractivity contribution in [3.05, 3.63) is 45.5 Å². The Morgan fingerprint density at radius 1 is 1.48 bits per heavy atom. The first-order valence-corrected chi connectivity index (χ1v) is 8.21. The summed E-state index contributed by atoms with van der Waals surface area (Å²) in [5, 5.41) is 2.68. The van der Waals surface area contributed by atoms with Crippen LogP contribution in [-0.4, -0.2) is 20.6 Å². The van der Waals surface area contributed by atoms with Crippen LogP contribution in [0.4, 0.5) is 0 Å². The zero-order valence-electron chi connectivity index (χ0n) is 11.8. The van der Waals surface area contributed by atoms with Gasteiger partial charge in [-0.3, -0.25) is 0 Å². The van der Waals surface area contributed by atoms with Crippen molar-refractivity contribution in [2.75, 3.05) is 0 Å². The highest BCUT2D eigenvalue weighted by molar-refractivity contribution is 7.09. The molecule has 0 fully saturated rings. The van der Waals surface area contributed by atoms with Gasteiger partial charge < -0.3 is 10.3 Å². The Labute approximate surface area is 132 Å². The number of pyridine rings is 1. The van der Waals surface area contributed by atoms with E-state index in [0.29, 0.717) is 5.02 Å². The number of nitrogens with zero attached hydrogens (tertiary/aromatic N) is 3. The number of nitrogens with two attached hydrogens (primary N) is 1. The van der Waals surface area contributed by atoms with Gasteiger partial charge in [0, 0.05) is 30.1 Å². The fourth-order valence-corrected chi connectivity index (χ4v) is 3.15. The van der Waals surface area contributed by atoms with Crippen molar-refractivity contribution in [3.63, 3.8) is 0 Å². The van der Waals surface area contributed by atoms with E-state index in [-0.39, 0.29) is 6.04 Å². The minimum Gasteiger partial charge on any atom is -0.326 e. The largest absolute Gasteiger partial charge is 0.326 e. The fourth-order valence-electron chi connectivity index (χ4n) is 2.29. The number of hydrogen-bond donors (Lipinski definition) is 1. The van der Waals surface area contributed by atoms with Gasteiger partial charge in [-0.05, 0) is 23.9 Å². The second-order valence-electron chi connectivity index (χ2n) is 5.06. The maximum absolute atomic E-state index is 6.13. The molecule has 1 atom stereocenters. The SMILES string of the molecule is CCC(N)Cn1c(Cc2cccs2)nc2cc(Cl)cnc21. The van der Waals surface area contributed by atoms with Crippen LogP contribution in [0, 0.1) is 0 Å². The predicted molar refractivity (Wildman–Crippen MR) is 87.9 cm³/mol. The van der Waals surface area contributed by atoms with Gasteiger partial charge in [0.25, 0.3) is 0 Å². The first-order chi connectivity index (χ1) is 10.2. The lowest BCUT2D eigenvalue weighted by molar-refractivity contribution is 0.534. The number of aromatic nitrogens is 3. The van der Waals surface area contributed by atoms with Crippen LogP contribution >= 0.6 is 22.9 Å². The molecule has 0 saturated heterocycles. The van der Waals surface area contributed by atoms with Crippen molar-refractivity contribution >= 4 is 34.1 Å². The van der Waals surface area contributed by atoms with Gasteiger partial charge in [-0.1, -0.05) is 24.6 Å². The van der Waals surface area contributed by atoms with Crippen LogP contribution in [0.5, 0.6) is 0 Å². The van der Waals surface area contributed by atoms with Crippen molar-refractivity contribution < 1.29 is 0 Å². The van der Waals surface area contributed by atoms with E-state index in [9.17, 15) is 0 Å². The molecule has 0 saturated carbocycles. The minimum atomic E-state index is 0.0990. The minimum absolute atomic E-state index is 0.0990. The van der Waals surface area contributed by atoms with Gasteiger partial charge in [-0.2, -0.15) is 0 Å². The molecule has 1 unspecified atom stereocenters. The zero-order chi connectivity index (χ0) is 14.8. The normalized spacial score (nSPS) is 12.9. The molecule has 0 spiro atoms. The van der Waals surface area contributed by atoms with E-state index in [0.717, 1.165) is 36.4 Å². The van der Waals surface area contributed by atoms with Crippen LogP contribution in [0.15, 0.2) is 29.8 Å². The zero-order valence-corrected chi connectivity index (χ0v) is 13.4. The molecule has 3 rings (SSSR count). The molecule has 0 bridgehead atoms. The molecule has 0 aromatic carbocycles. The summed E-state index contributed by atoms with van der Waals surface area (Å²) in [6.07, 6.45) is 3.38. The van der Waals surface area contributed by atoms with Crippen LogP contribution in [-0.2, 0) is 13.0 Å². The monoisotopic (exact) mass is 320 g/mol. The van der Waals surface area contributed by atoms with E-state index in [1.165, 1.54) is 4.88 Å². The standard InChI is InChI=1S/C15H17ClN4S/c1-2-11(17)9-20-14(7-12-4-3-5-21-12)19-13-6-10(16)8-18-15(13)20/h3-6,8,11H,2,7,9,17H2,1H3. The molecule has 3 aromatic heterocycles. The second kappa shape index (κ2) is 6.13. The molecule has 3 aromatic rings. The van der Waals surface area contributed by atoms with Crippen LogP contribution in [0.2, 0.25) is 5.02 Å². The van der Waals surface area contributed by atoms with Gasteiger partial charge in [0.1, 0.15) is 11.3 Å². The topological polar surface area (TPSA) is 56.7 Å². The van der Waals surface area contributed by atoms with Gasteiger partial charge in [-0.15, -0.1) is 11.3 Å². The average Bonchev–Trinajstić information content (AvgIpc) is 3.08. The lowest BCUT2D eigenvalue weighted by Crippen LogP contribution is -2.26. The molecule has 0 aliphatic carbocycles. The molecule has 0 amide bonds. The summed E-state index contributed by atoms with van der Waals surface area (Å²) in [6, 6.07) is 6.13. The highest BCUT2D eigenvalue weighted by Gasteiger charge is 2.15. The highest BCUT2D eigenvalue weighted by Crippen LogP contribution is 2.22. The van der Waals surface area contributed by atoms with Crippen molar-refractivity contribution in [2.24, 2.45) is 5.73 Å². The van der Waals surface area contributed by atoms with Crippen LogP contribution in [0.3, 0.4) is 0 Å². The van der Waals surface area contributed by atoms with E-state index in [4.69, 9.17) is 22.3 Å². The predicted octanol–water partition coefficient (Wildman–Crippen LogP) is 3.47. The summed E-state index contributed by atoms with van der Waals surface area (Å²) in [6.45, 7) is 2.81. The molecule has 6 heteroatoms. The summed E-state index contributed by atoms with van der Waals surface area (Å²) >= 11 is 7.75.